The number of nitrogens with zero attached hydrogens (tertiary/aromatic N) is 4. The lowest BCUT2D eigenvalue weighted by Gasteiger charge is -2.48. The normalized spacial score (nSPS) is 23.4. The van der Waals surface area contributed by atoms with Gasteiger partial charge in [0.2, 0.25) is 5.91 Å². The van der Waals surface area contributed by atoms with Gasteiger partial charge in [-0.1, -0.05) is 18.2 Å². The maximum absolute atomic E-state index is 13.0. The predicted molar refractivity (Wildman–Crippen MR) is 97.3 cm³/mol. The van der Waals surface area contributed by atoms with E-state index in [9.17, 15) is 24.8 Å². The molecule has 1 N–H and O–H groups in total. The lowest BCUT2D eigenvalue weighted by atomic mass is 10.1. The summed E-state index contributed by atoms with van der Waals surface area (Å²) < 4.78 is 0. The third-order valence-electron chi connectivity index (χ3n) is 5.44. The molecule has 2 aliphatic heterocycles. The second-order valence-corrected chi connectivity index (χ2v) is 7.02. The van der Waals surface area contributed by atoms with Gasteiger partial charge in [-0.05, 0) is 19.8 Å². The average Bonchev–Trinajstić information content (AvgIpc) is 3.15. The predicted octanol–water partition coefficient (Wildman–Crippen LogP) is 1.77. The van der Waals surface area contributed by atoms with Gasteiger partial charge in [0.25, 0.3) is 5.69 Å². The van der Waals surface area contributed by atoms with Crippen LogP contribution in [0.5, 0.6) is 0 Å². The van der Waals surface area contributed by atoms with Crippen LogP contribution in [-0.2, 0) is 11.2 Å². The van der Waals surface area contributed by atoms with Crippen molar-refractivity contribution < 1.29 is 19.6 Å². The van der Waals surface area contributed by atoms with Gasteiger partial charge in [0.15, 0.2) is 0 Å². The smallest absolute Gasteiger partial charge is 0.407 e. The van der Waals surface area contributed by atoms with Gasteiger partial charge in [0, 0.05) is 37.8 Å². The molecule has 9 heteroatoms. The van der Waals surface area contributed by atoms with Crippen LogP contribution in [0.15, 0.2) is 24.3 Å². The minimum Gasteiger partial charge on any atom is -0.465 e. The molecule has 2 fully saturated rings. The van der Waals surface area contributed by atoms with E-state index >= 15 is 0 Å². The fraction of sp³-hybridized carbons (Fsp3) is 0.556. The lowest BCUT2D eigenvalue weighted by molar-refractivity contribution is -0.385. The number of likely N-dealkylation sites (tertiary alicyclic amines) is 1. The molecule has 1 aromatic carbocycles. The fourth-order valence-electron chi connectivity index (χ4n) is 4.13. The molecular formula is C18H24N4O5. The summed E-state index contributed by atoms with van der Waals surface area (Å²) in [5, 5.41) is 20.7. The third kappa shape index (κ3) is 3.87. The standard InChI is InChI=1S/C18H24N4O5/c1-13-17(19-8-4-5-9-19)21(11-10-20(13)18(24)25)16(23)12-14-6-2-3-7-15(14)22(26)27/h2-3,6-7,13,17H,4-5,8-12H2,1H3,(H,24,25). The molecule has 2 atom stereocenters. The van der Waals surface area contributed by atoms with Crippen LogP contribution in [0.25, 0.3) is 0 Å². The first-order chi connectivity index (χ1) is 12.9. The molecule has 0 radical (unpaired) electrons. The molecule has 0 spiro atoms. The van der Waals surface area contributed by atoms with E-state index in [0.29, 0.717) is 5.56 Å². The molecular weight excluding hydrogens is 352 g/mol. The number of hydrogen-bond donors (Lipinski definition) is 1. The largest absolute Gasteiger partial charge is 0.465 e. The van der Waals surface area contributed by atoms with Crippen LogP contribution in [-0.4, -0.2) is 75.1 Å². The molecule has 0 saturated carbocycles. The zero-order chi connectivity index (χ0) is 19.6. The highest BCUT2D eigenvalue weighted by Crippen LogP contribution is 2.26. The van der Waals surface area contributed by atoms with Crippen LogP contribution in [0.4, 0.5) is 10.5 Å². The Hall–Kier alpha value is -2.68. The summed E-state index contributed by atoms with van der Waals surface area (Å²) in [6.07, 6.45) is 0.636. The molecule has 0 bridgehead atoms. The molecule has 2 heterocycles. The van der Waals surface area contributed by atoms with Crippen LogP contribution in [0.3, 0.4) is 0 Å². The molecule has 2 aliphatic rings. The molecule has 2 amide bonds. The Morgan fingerprint density at radius 3 is 2.41 bits per heavy atom. The number of benzene rings is 1. The van der Waals surface area contributed by atoms with E-state index in [4.69, 9.17) is 0 Å². The van der Waals surface area contributed by atoms with Gasteiger partial charge < -0.3 is 14.9 Å². The number of amides is 2. The molecule has 0 aliphatic carbocycles. The van der Waals surface area contributed by atoms with E-state index in [1.165, 1.54) is 11.0 Å². The quantitative estimate of drug-likeness (QED) is 0.634. The Morgan fingerprint density at radius 1 is 1.15 bits per heavy atom. The van der Waals surface area contributed by atoms with Crippen LogP contribution >= 0.6 is 0 Å². The number of carboxylic acid groups (broad SMARTS) is 1. The van der Waals surface area contributed by atoms with Crippen LogP contribution < -0.4 is 0 Å². The van der Waals surface area contributed by atoms with Gasteiger partial charge in [0.05, 0.1) is 17.4 Å². The summed E-state index contributed by atoms with van der Waals surface area (Å²) in [7, 11) is 0. The monoisotopic (exact) mass is 376 g/mol. The average molecular weight is 376 g/mol. The first kappa shape index (κ1) is 19.1. The molecule has 2 unspecified atom stereocenters. The van der Waals surface area contributed by atoms with Gasteiger partial charge in [-0.3, -0.25) is 19.8 Å². The summed E-state index contributed by atoms with van der Waals surface area (Å²) in [5.74, 6) is -0.210. The molecule has 0 aromatic heterocycles. The number of carbonyl (C=O) groups excluding carboxylic acids is 1. The number of nitro groups is 1. The molecule has 27 heavy (non-hydrogen) atoms. The fourth-order valence-corrected chi connectivity index (χ4v) is 4.13. The third-order valence-corrected chi connectivity index (χ3v) is 5.44. The zero-order valence-corrected chi connectivity index (χ0v) is 15.3. The highest BCUT2D eigenvalue weighted by atomic mass is 16.6. The van der Waals surface area contributed by atoms with Crippen molar-refractivity contribution in [2.24, 2.45) is 0 Å². The number of piperazine rings is 1. The molecule has 3 rings (SSSR count). The van der Waals surface area contributed by atoms with E-state index in [2.05, 4.69) is 4.90 Å². The maximum Gasteiger partial charge on any atom is 0.407 e. The summed E-state index contributed by atoms with van der Waals surface area (Å²) in [5.41, 5.74) is 0.307. The maximum atomic E-state index is 13.0. The van der Waals surface area contributed by atoms with Crippen molar-refractivity contribution in [3.8, 4) is 0 Å². The van der Waals surface area contributed by atoms with E-state index in [1.807, 2.05) is 6.92 Å². The van der Waals surface area contributed by atoms with Crippen LogP contribution in [0.1, 0.15) is 25.3 Å². The molecule has 146 valence electrons. The zero-order valence-electron chi connectivity index (χ0n) is 15.3. The minimum atomic E-state index is -0.988. The van der Waals surface area contributed by atoms with Crippen molar-refractivity contribution >= 4 is 17.7 Å². The van der Waals surface area contributed by atoms with Crippen molar-refractivity contribution in [3.05, 3.63) is 39.9 Å². The Morgan fingerprint density at radius 2 is 1.78 bits per heavy atom. The Balaban J connectivity index is 1.83. The van der Waals surface area contributed by atoms with Crippen molar-refractivity contribution in [1.29, 1.82) is 0 Å². The highest BCUT2D eigenvalue weighted by molar-refractivity contribution is 5.80. The topological polar surface area (TPSA) is 107 Å². The second kappa shape index (κ2) is 7.91. The van der Waals surface area contributed by atoms with Crippen molar-refractivity contribution in [2.75, 3.05) is 26.2 Å². The Kier molecular flexibility index (Phi) is 5.59. The van der Waals surface area contributed by atoms with Gasteiger partial charge in [-0.15, -0.1) is 0 Å². The lowest BCUT2D eigenvalue weighted by Crippen LogP contribution is -2.66. The number of hydrogen-bond acceptors (Lipinski definition) is 5. The minimum absolute atomic E-state index is 0.0682. The number of carbonyl (C=O) groups is 2. The van der Waals surface area contributed by atoms with Gasteiger partial charge in [-0.2, -0.15) is 0 Å². The van der Waals surface area contributed by atoms with Gasteiger partial charge in [-0.25, -0.2) is 4.79 Å². The number of para-hydroxylation sites is 1. The van der Waals surface area contributed by atoms with Crippen molar-refractivity contribution in [1.82, 2.24) is 14.7 Å². The van der Waals surface area contributed by atoms with Crippen LogP contribution in [0, 0.1) is 10.1 Å². The highest BCUT2D eigenvalue weighted by Gasteiger charge is 2.42. The summed E-state index contributed by atoms with van der Waals surface area (Å²) >= 11 is 0. The molecule has 9 nitrogen and oxygen atoms in total. The van der Waals surface area contributed by atoms with Crippen molar-refractivity contribution in [3.63, 3.8) is 0 Å². The van der Waals surface area contributed by atoms with Crippen molar-refractivity contribution in [2.45, 2.75) is 38.4 Å². The number of nitro benzene ring substituents is 1. The van der Waals surface area contributed by atoms with E-state index in [-0.39, 0.29) is 43.3 Å². The SMILES string of the molecule is CC1C(N2CCCC2)N(C(=O)Cc2ccccc2[N+](=O)[O-])CCN1C(=O)O. The first-order valence-electron chi connectivity index (χ1n) is 9.15. The summed E-state index contributed by atoms with van der Waals surface area (Å²) in [6, 6.07) is 5.89. The van der Waals surface area contributed by atoms with E-state index in [0.717, 1.165) is 25.9 Å². The Labute approximate surface area is 157 Å². The first-order valence-corrected chi connectivity index (χ1v) is 9.15. The molecule has 1 aromatic rings. The molecule has 2 saturated heterocycles. The summed E-state index contributed by atoms with van der Waals surface area (Å²) in [4.78, 5) is 40.5. The Bertz CT molecular complexity index is 734. The van der Waals surface area contributed by atoms with Gasteiger partial charge in [0.1, 0.15) is 6.17 Å². The van der Waals surface area contributed by atoms with E-state index < -0.39 is 11.0 Å². The van der Waals surface area contributed by atoms with E-state index in [1.54, 1.807) is 23.1 Å². The second-order valence-electron chi connectivity index (χ2n) is 7.02. The summed E-state index contributed by atoms with van der Waals surface area (Å²) in [6.45, 7) is 3.98. The number of rotatable bonds is 4. The van der Waals surface area contributed by atoms with Gasteiger partial charge >= 0.3 is 6.09 Å². The van der Waals surface area contributed by atoms with Crippen LogP contribution in [0.2, 0.25) is 0 Å².